The smallest absolute Gasteiger partial charge is 0.183 e. The number of ether oxygens (including phenoxy) is 1. The van der Waals surface area contributed by atoms with Crippen LogP contribution in [0.25, 0.3) is 0 Å². The molecule has 0 atom stereocenters. The number of aromatic nitrogens is 1. The van der Waals surface area contributed by atoms with Gasteiger partial charge in [-0.3, -0.25) is 0 Å². The highest BCUT2D eigenvalue weighted by atomic mass is 35.5. The molecule has 1 aromatic heterocycles. The van der Waals surface area contributed by atoms with Crippen molar-refractivity contribution in [2.75, 3.05) is 5.43 Å². The third kappa shape index (κ3) is 2.24. The van der Waals surface area contributed by atoms with Crippen molar-refractivity contribution in [3.05, 3.63) is 47.6 Å². The Morgan fingerprint density at radius 3 is 2.62 bits per heavy atom. The van der Waals surface area contributed by atoms with Gasteiger partial charge in [-0.15, -0.1) is 0 Å². The van der Waals surface area contributed by atoms with E-state index in [0.717, 1.165) is 0 Å². The highest BCUT2D eigenvalue weighted by Crippen LogP contribution is 2.31. The van der Waals surface area contributed by atoms with Crippen LogP contribution in [0.2, 0.25) is 5.02 Å². The fourth-order valence-corrected chi connectivity index (χ4v) is 1.40. The number of para-hydroxylation sites is 1. The third-order valence-corrected chi connectivity index (χ3v) is 2.28. The van der Waals surface area contributed by atoms with Crippen LogP contribution in [0.3, 0.4) is 0 Å². The number of hydrogen-bond donors (Lipinski definition) is 2. The summed E-state index contributed by atoms with van der Waals surface area (Å²) in [6, 6.07) is 10.7. The van der Waals surface area contributed by atoms with Gasteiger partial charge in [0.1, 0.15) is 5.75 Å². The topological polar surface area (TPSA) is 60.2 Å². The van der Waals surface area contributed by atoms with Gasteiger partial charge >= 0.3 is 0 Å². The zero-order valence-corrected chi connectivity index (χ0v) is 9.11. The van der Waals surface area contributed by atoms with Gasteiger partial charge in [0.2, 0.25) is 0 Å². The molecule has 0 saturated carbocycles. The van der Waals surface area contributed by atoms with Gasteiger partial charge in [0.25, 0.3) is 0 Å². The number of benzene rings is 1. The molecule has 0 saturated heterocycles. The molecule has 0 unspecified atom stereocenters. The number of hydrogen-bond acceptors (Lipinski definition) is 4. The average molecular weight is 236 g/mol. The van der Waals surface area contributed by atoms with Crippen molar-refractivity contribution >= 4 is 17.4 Å². The molecule has 16 heavy (non-hydrogen) atoms. The Balaban J connectivity index is 2.30. The summed E-state index contributed by atoms with van der Waals surface area (Å²) >= 11 is 5.97. The molecular formula is C11H10ClN3O. The van der Waals surface area contributed by atoms with Gasteiger partial charge in [-0.1, -0.05) is 23.7 Å². The summed E-state index contributed by atoms with van der Waals surface area (Å²) in [5.41, 5.74) is 2.46. The zero-order chi connectivity index (χ0) is 11.4. The van der Waals surface area contributed by atoms with Crippen LogP contribution in [-0.4, -0.2) is 4.98 Å². The maximum absolute atomic E-state index is 5.97. The van der Waals surface area contributed by atoms with Crippen LogP contribution in [-0.2, 0) is 0 Å². The highest BCUT2D eigenvalue weighted by molar-refractivity contribution is 6.32. The van der Waals surface area contributed by atoms with Gasteiger partial charge in [-0.25, -0.2) is 10.8 Å². The van der Waals surface area contributed by atoms with Crippen molar-refractivity contribution in [1.29, 1.82) is 0 Å². The lowest BCUT2D eigenvalue weighted by Gasteiger charge is -2.10. The quantitative estimate of drug-likeness (QED) is 0.634. The minimum atomic E-state index is 0.461. The zero-order valence-electron chi connectivity index (χ0n) is 8.35. The highest BCUT2D eigenvalue weighted by Gasteiger charge is 2.06. The lowest BCUT2D eigenvalue weighted by Crippen LogP contribution is -2.09. The SMILES string of the molecule is NNc1ncccc1Oc1ccccc1Cl. The van der Waals surface area contributed by atoms with Crippen LogP contribution < -0.4 is 16.0 Å². The number of rotatable bonds is 3. The summed E-state index contributed by atoms with van der Waals surface area (Å²) in [5, 5.41) is 0.536. The number of nitrogen functional groups attached to an aromatic ring is 1. The molecule has 0 amide bonds. The van der Waals surface area contributed by atoms with E-state index in [1.807, 2.05) is 12.1 Å². The molecule has 0 spiro atoms. The number of nitrogens with two attached hydrogens (primary N) is 1. The molecule has 1 heterocycles. The molecule has 3 N–H and O–H groups in total. The Morgan fingerprint density at radius 2 is 1.88 bits per heavy atom. The number of halogens is 1. The van der Waals surface area contributed by atoms with E-state index in [-0.39, 0.29) is 0 Å². The molecule has 82 valence electrons. The van der Waals surface area contributed by atoms with Crippen molar-refractivity contribution in [3.63, 3.8) is 0 Å². The molecule has 0 bridgehead atoms. The molecule has 5 heteroatoms. The Morgan fingerprint density at radius 1 is 1.12 bits per heavy atom. The number of pyridine rings is 1. The molecule has 0 aliphatic rings. The molecule has 0 radical (unpaired) electrons. The monoisotopic (exact) mass is 235 g/mol. The first-order valence-electron chi connectivity index (χ1n) is 4.65. The number of nitrogens with one attached hydrogen (secondary N) is 1. The average Bonchev–Trinajstić information content (AvgIpc) is 2.33. The number of anilines is 1. The number of nitrogens with zero attached hydrogens (tertiary/aromatic N) is 1. The Bertz CT molecular complexity index is 490. The fraction of sp³-hybridized carbons (Fsp3) is 0. The van der Waals surface area contributed by atoms with Crippen molar-refractivity contribution in [2.24, 2.45) is 5.84 Å². The van der Waals surface area contributed by atoms with E-state index in [2.05, 4.69) is 10.4 Å². The van der Waals surface area contributed by atoms with E-state index in [1.165, 1.54) is 0 Å². The predicted molar refractivity (Wildman–Crippen MR) is 63.6 cm³/mol. The second-order valence-electron chi connectivity index (χ2n) is 3.03. The molecular weight excluding hydrogens is 226 g/mol. The summed E-state index contributed by atoms with van der Waals surface area (Å²) in [5.74, 6) is 6.87. The van der Waals surface area contributed by atoms with Crippen molar-refractivity contribution in [1.82, 2.24) is 4.98 Å². The summed E-state index contributed by atoms with van der Waals surface area (Å²) in [6.45, 7) is 0. The molecule has 0 aliphatic heterocycles. The number of hydrazine groups is 1. The third-order valence-electron chi connectivity index (χ3n) is 1.96. The van der Waals surface area contributed by atoms with Gasteiger partial charge in [0, 0.05) is 6.20 Å². The summed E-state index contributed by atoms with van der Waals surface area (Å²) in [4.78, 5) is 4.02. The summed E-state index contributed by atoms with van der Waals surface area (Å²) in [6.07, 6.45) is 1.62. The van der Waals surface area contributed by atoms with Gasteiger partial charge in [0.05, 0.1) is 5.02 Å². The largest absolute Gasteiger partial charge is 0.452 e. The maximum atomic E-state index is 5.97. The molecule has 2 rings (SSSR count). The van der Waals surface area contributed by atoms with Crippen LogP contribution in [0, 0.1) is 0 Å². The van der Waals surface area contributed by atoms with Crippen LogP contribution in [0.1, 0.15) is 0 Å². The van der Waals surface area contributed by atoms with Crippen molar-refractivity contribution in [3.8, 4) is 11.5 Å². The second kappa shape index (κ2) is 4.83. The van der Waals surface area contributed by atoms with E-state index < -0.39 is 0 Å². The Hall–Kier alpha value is -1.78. The summed E-state index contributed by atoms with van der Waals surface area (Å²) < 4.78 is 5.59. The van der Waals surface area contributed by atoms with E-state index in [1.54, 1.807) is 30.5 Å². The minimum absolute atomic E-state index is 0.461. The van der Waals surface area contributed by atoms with Gasteiger partial charge in [-0.2, -0.15) is 0 Å². The van der Waals surface area contributed by atoms with Gasteiger partial charge in [0.15, 0.2) is 11.6 Å². The van der Waals surface area contributed by atoms with E-state index >= 15 is 0 Å². The van der Waals surface area contributed by atoms with Crippen LogP contribution in [0.4, 0.5) is 5.82 Å². The predicted octanol–water partition coefficient (Wildman–Crippen LogP) is 2.81. The first-order valence-corrected chi connectivity index (χ1v) is 5.03. The summed E-state index contributed by atoms with van der Waals surface area (Å²) in [7, 11) is 0. The fourth-order valence-electron chi connectivity index (χ4n) is 1.23. The minimum Gasteiger partial charge on any atom is -0.452 e. The first kappa shape index (κ1) is 10.7. The van der Waals surface area contributed by atoms with Crippen LogP contribution in [0.5, 0.6) is 11.5 Å². The van der Waals surface area contributed by atoms with Gasteiger partial charge < -0.3 is 10.2 Å². The Labute approximate surface area is 98.0 Å². The first-order chi connectivity index (χ1) is 7.81. The molecule has 0 fully saturated rings. The van der Waals surface area contributed by atoms with Gasteiger partial charge in [-0.05, 0) is 24.3 Å². The molecule has 0 aliphatic carbocycles. The van der Waals surface area contributed by atoms with E-state index in [9.17, 15) is 0 Å². The normalized spacial score (nSPS) is 9.88. The standard InChI is InChI=1S/C11H10ClN3O/c12-8-4-1-2-5-9(8)16-10-6-3-7-14-11(10)15-13/h1-7H,13H2,(H,14,15). The lowest BCUT2D eigenvalue weighted by molar-refractivity contribution is 0.482. The van der Waals surface area contributed by atoms with E-state index in [0.29, 0.717) is 22.3 Å². The molecule has 4 nitrogen and oxygen atoms in total. The molecule has 1 aromatic carbocycles. The van der Waals surface area contributed by atoms with Crippen LogP contribution >= 0.6 is 11.6 Å². The molecule has 2 aromatic rings. The Kier molecular flexibility index (Phi) is 3.24. The maximum Gasteiger partial charge on any atom is 0.183 e. The second-order valence-corrected chi connectivity index (χ2v) is 3.43. The van der Waals surface area contributed by atoms with Crippen LogP contribution in [0.15, 0.2) is 42.6 Å². The lowest BCUT2D eigenvalue weighted by atomic mass is 10.3. The van der Waals surface area contributed by atoms with Crippen molar-refractivity contribution < 1.29 is 4.74 Å². The van der Waals surface area contributed by atoms with E-state index in [4.69, 9.17) is 22.2 Å². The van der Waals surface area contributed by atoms with Crippen molar-refractivity contribution in [2.45, 2.75) is 0 Å².